The molecule has 0 saturated heterocycles. The maximum Gasteiger partial charge on any atom is 0.300 e. The maximum absolute atomic E-state index is 9.00. The van der Waals surface area contributed by atoms with Crippen LogP contribution in [0.25, 0.3) is 0 Å². The van der Waals surface area contributed by atoms with E-state index in [4.69, 9.17) is 24.5 Å². The lowest BCUT2D eigenvalue weighted by Gasteiger charge is -2.28. The molecule has 0 heterocycles. The highest BCUT2D eigenvalue weighted by molar-refractivity contribution is 7.95. The quantitative estimate of drug-likeness (QED) is 0.347. The molecule has 0 radical (unpaired) electrons. The number of ether oxygens (including phenoxy) is 1. The van der Waals surface area contributed by atoms with Crippen LogP contribution in [0, 0.1) is 20.8 Å². The topological polar surface area (TPSA) is 86.7 Å². The van der Waals surface area contributed by atoms with E-state index >= 15 is 0 Å². The van der Waals surface area contributed by atoms with Crippen LogP contribution >= 0.6 is 7.26 Å². The van der Waals surface area contributed by atoms with Crippen molar-refractivity contribution in [1.82, 2.24) is 0 Å². The Hall–Kier alpha value is -3.95. The summed E-state index contributed by atoms with van der Waals surface area (Å²) in [7, 11) is -0.200. The number of benzene rings is 4. The Balaban J connectivity index is 0.000000590. The van der Waals surface area contributed by atoms with Crippen LogP contribution in [0.1, 0.15) is 36.1 Å². The fraction of sp³-hybridized carbons (Fsp3) is 0.212. The van der Waals surface area contributed by atoms with E-state index < -0.39 is 19.2 Å². The van der Waals surface area contributed by atoms with Crippen molar-refractivity contribution >= 4 is 35.1 Å². The average Bonchev–Trinajstić information content (AvgIpc) is 2.87. The van der Waals surface area contributed by atoms with Gasteiger partial charge in [0.1, 0.15) is 28.9 Å². The van der Waals surface area contributed by atoms with Crippen molar-refractivity contribution in [2.24, 2.45) is 0 Å². The molecule has 0 bridgehead atoms. The van der Waals surface area contributed by atoms with E-state index in [1.54, 1.807) is 7.11 Å². The Morgan fingerprint density at radius 3 is 1.33 bits per heavy atom. The molecule has 1 N–H and O–H groups in total. The Morgan fingerprint density at radius 2 is 1.05 bits per heavy atom. The van der Waals surface area contributed by atoms with E-state index in [2.05, 4.69) is 118 Å². The number of hydrogen-bond donors (Lipinski definition) is 1. The molecular formula is C33H37O5P. The second kappa shape index (κ2) is 14.8. The molecule has 5 nitrogen and oxygen atoms in total. The Bertz CT molecular complexity index is 1250. The molecule has 0 amide bonds. The molecule has 0 aliphatic rings. The van der Waals surface area contributed by atoms with Gasteiger partial charge in [-0.15, -0.1) is 0 Å². The zero-order chi connectivity index (χ0) is 29.0. The first kappa shape index (κ1) is 31.3. The molecule has 204 valence electrons. The monoisotopic (exact) mass is 544 g/mol. The first-order valence-corrected chi connectivity index (χ1v) is 14.5. The van der Waals surface area contributed by atoms with E-state index in [9.17, 15) is 0 Å². The third-order valence-corrected chi connectivity index (χ3v) is 10.2. The Morgan fingerprint density at radius 1 is 0.718 bits per heavy atom. The number of carboxylic acids is 2. The molecule has 4 aromatic rings. The minimum Gasteiger partial charge on any atom is -0.550 e. The van der Waals surface area contributed by atoms with E-state index in [1.165, 1.54) is 38.2 Å². The van der Waals surface area contributed by atoms with Crippen LogP contribution < -0.4 is 25.8 Å². The molecule has 0 aliphatic heterocycles. The normalized spacial score (nSPS) is 10.3. The van der Waals surface area contributed by atoms with Crippen LogP contribution in [0.3, 0.4) is 0 Å². The molecule has 4 rings (SSSR count). The zero-order valence-corrected chi connectivity index (χ0v) is 24.4. The molecule has 0 aliphatic carbocycles. The molecule has 6 heteroatoms. The minimum absolute atomic E-state index is 0.833. The second-order valence-corrected chi connectivity index (χ2v) is 12.8. The summed E-state index contributed by atoms with van der Waals surface area (Å²) in [6.07, 6.45) is 0.980. The van der Waals surface area contributed by atoms with Crippen LogP contribution in [0.5, 0.6) is 5.75 Å². The number of hydrogen-bond acceptors (Lipinski definition) is 4. The van der Waals surface area contributed by atoms with Gasteiger partial charge in [-0.25, -0.2) is 0 Å². The fourth-order valence-electron chi connectivity index (χ4n) is 4.32. The van der Waals surface area contributed by atoms with Crippen LogP contribution in [0.15, 0.2) is 97.1 Å². The number of carboxylic acid groups (broad SMARTS) is 2. The number of carbonyl (C=O) groups excluding carboxylic acids is 1. The Labute approximate surface area is 232 Å². The summed E-state index contributed by atoms with van der Waals surface area (Å²) in [6.45, 7) is 8.63. The number of methoxy groups -OCH3 is 1. The van der Waals surface area contributed by atoms with Gasteiger partial charge in [-0.3, -0.25) is 4.79 Å². The molecule has 0 aromatic heterocycles. The predicted octanol–water partition coefficient (Wildman–Crippen LogP) is 4.96. The van der Waals surface area contributed by atoms with Crippen LogP contribution in [-0.4, -0.2) is 24.2 Å². The smallest absolute Gasteiger partial charge is 0.300 e. The van der Waals surface area contributed by atoms with Crippen molar-refractivity contribution in [3.63, 3.8) is 0 Å². The molecule has 0 saturated carbocycles. The van der Waals surface area contributed by atoms with Crippen LogP contribution in [0.2, 0.25) is 0 Å². The summed E-state index contributed by atoms with van der Waals surface area (Å²) >= 11 is 0. The fourth-order valence-corrected chi connectivity index (χ4v) is 8.82. The van der Waals surface area contributed by atoms with Crippen LogP contribution in [0.4, 0.5) is 0 Å². The number of rotatable bonds is 6. The zero-order valence-electron chi connectivity index (χ0n) is 23.5. The molecule has 39 heavy (non-hydrogen) atoms. The molecule has 0 atom stereocenters. The lowest BCUT2D eigenvalue weighted by Crippen LogP contribution is -2.33. The van der Waals surface area contributed by atoms with E-state index in [0.29, 0.717) is 0 Å². The van der Waals surface area contributed by atoms with Gasteiger partial charge in [-0.2, -0.15) is 0 Å². The lowest BCUT2D eigenvalue weighted by molar-refractivity contribution is -0.302. The van der Waals surface area contributed by atoms with E-state index in [1.807, 2.05) is 0 Å². The van der Waals surface area contributed by atoms with E-state index in [-0.39, 0.29) is 0 Å². The summed E-state index contributed by atoms with van der Waals surface area (Å²) < 4.78 is 5.41. The first-order chi connectivity index (χ1) is 18.5. The number of carbonyl (C=O) groups is 2. The van der Waals surface area contributed by atoms with Crippen molar-refractivity contribution in [3.8, 4) is 5.75 Å². The van der Waals surface area contributed by atoms with Crippen molar-refractivity contribution < 1.29 is 24.5 Å². The van der Waals surface area contributed by atoms with E-state index in [0.717, 1.165) is 25.8 Å². The van der Waals surface area contributed by atoms with Gasteiger partial charge in [0.2, 0.25) is 0 Å². The molecule has 0 fully saturated rings. The van der Waals surface area contributed by atoms with Crippen molar-refractivity contribution in [1.29, 1.82) is 0 Å². The van der Waals surface area contributed by atoms with Crippen molar-refractivity contribution in [2.75, 3.05) is 7.11 Å². The summed E-state index contributed by atoms with van der Waals surface area (Å²) in [4.78, 5) is 17.9. The average molecular weight is 545 g/mol. The minimum atomic E-state index is -1.92. The highest BCUT2D eigenvalue weighted by Gasteiger charge is 2.45. The summed E-state index contributed by atoms with van der Waals surface area (Å²) in [6, 6.07) is 35.9. The van der Waals surface area contributed by atoms with Gasteiger partial charge in [0.05, 0.1) is 13.3 Å². The molecule has 0 unspecified atom stereocenters. The highest BCUT2D eigenvalue weighted by Crippen LogP contribution is 2.58. The van der Waals surface area contributed by atoms with Gasteiger partial charge in [-0.1, -0.05) is 48.5 Å². The van der Waals surface area contributed by atoms with Crippen LogP contribution in [-0.2, 0) is 15.8 Å². The summed E-state index contributed by atoms with van der Waals surface area (Å²) in [5, 5.41) is 20.6. The number of aliphatic carboxylic acids is 2. The Kier molecular flexibility index (Phi) is 11.9. The molecule has 0 spiro atoms. The SMILES string of the molecule is CC(=O)O.CC(=O)[O-].COc1ccc(C[P+](c2cccc(C)c2)(c2cccc(C)c2)c2cccc(C)c2)cc1. The predicted molar refractivity (Wildman–Crippen MR) is 160 cm³/mol. The largest absolute Gasteiger partial charge is 0.550 e. The highest BCUT2D eigenvalue weighted by atomic mass is 31.2. The van der Waals surface area contributed by atoms with Gasteiger partial charge < -0.3 is 19.7 Å². The third kappa shape index (κ3) is 9.38. The van der Waals surface area contributed by atoms with Gasteiger partial charge in [0.25, 0.3) is 5.97 Å². The van der Waals surface area contributed by atoms with Gasteiger partial charge in [0.15, 0.2) is 0 Å². The van der Waals surface area contributed by atoms with Crippen molar-refractivity contribution in [2.45, 2.75) is 40.8 Å². The second-order valence-electron chi connectivity index (χ2n) is 9.34. The molecular weight excluding hydrogens is 507 g/mol. The first-order valence-electron chi connectivity index (χ1n) is 12.6. The van der Waals surface area contributed by atoms with Crippen molar-refractivity contribution in [3.05, 3.63) is 119 Å². The number of aryl methyl sites for hydroxylation is 3. The standard InChI is InChI=1S/C29H30OP.2C2H4O2/c1-22-8-5-11-27(18-22)31(28-12-6-9-23(2)19-28,29-13-7-10-24(3)20-29)21-25-14-16-26(30-4)17-15-25;2*1-2(3)4/h5-20H,21H2,1-4H3;2*1H3,(H,3,4)/q+1;;/p-1. The lowest BCUT2D eigenvalue weighted by atomic mass is 10.2. The van der Waals surface area contributed by atoms with Gasteiger partial charge in [-0.05, 0) is 98.5 Å². The molecule has 4 aromatic carbocycles. The summed E-state index contributed by atoms with van der Waals surface area (Å²) in [5.41, 5.74) is 5.24. The summed E-state index contributed by atoms with van der Waals surface area (Å²) in [5.74, 6) is -1.02. The third-order valence-electron chi connectivity index (χ3n) is 5.91. The van der Waals surface area contributed by atoms with Gasteiger partial charge in [0, 0.05) is 12.9 Å². The van der Waals surface area contributed by atoms with Gasteiger partial charge >= 0.3 is 0 Å². The maximum atomic E-state index is 9.00.